The highest BCUT2D eigenvalue weighted by Crippen LogP contribution is 2.38. The summed E-state index contributed by atoms with van der Waals surface area (Å²) in [7, 11) is 3.21. The van der Waals surface area contributed by atoms with Crippen molar-refractivity contribution in [3.05, 3.63) is 52.0 Å². The number of thiophene rings is 1. The maximum atomic E-state index is 12.5. The van der Waals surface area contributed by atoms with Gasteiger partial charge in [-0.25, -0.2) is 0 Å². The van der Waals surface area contributed by atoms with Crippen molar-refractivity contribution in [2.75, 3.05) is 32.6 Å². The number of allylic oxidation sites excluding steroid dienone is 1. The monoisotopic (exact) mass is 355 g/mol. The molecule has 0 saturated carbocycles. The van der Waals surface area contributed by atoms with E-state index in [-0.39, 0.29) is 5.78 Å². The second kappa shape index (κ2) is 6.25. The number of carbonyl (C=O) groups is 1. The average Bonchev–Trinajstić information content (AvgIpc) is 3.32. The van der Waals surface area contributed by atoms with Crippen molar-refractivity contribution in [3.8, 4) is 11.5 Å². The highest BCUT2D eigenvalue weighted by atomic mass is 32.1. The lowest BCUT2D eigenvalue weighted by Crippen LogP contribution is -2.36. The zero-order chi connectivity index (χ0) is 17.4. The van der Waals surface area contributed by atoms with Gasteiger partial charge in [0.05, 0.1) is 31.3 Å². The van der Waals surface area contributed by atoms with Gasteiger partial charge in [-0.05, 0) is 17.5 Å². The first-order chi connectivity index (χ1) is 12.2. The molecular weight excluding hydrogens is 338 g/mol. The van der Waals surface area contributed by atoms with E-state index >= 15 is 0 Å². The molecule has 0 radical (unpaired) electrons. The molecule has 0 atom stereocenters. The molecule has 2 aliphatic heterocycles. The Morgan fingerprint density at radius 2 is 2.12 bits per heavy atom. The molecule has 1 aromatic heterocycles. The number of carbonyl (C=O) groups excluding carboxylic acids is 1. The fourth-order valence-electron chi connectivity index (χ4n) is 3.01. The van der Waals surface area contributed by atoms with Crippen molar-refractivity contribution in [2.24, 2.45) is 4.99 Å². The van der Waals surface area contributed by atoms with E-state index < -0.39 is 0 Å². The smallest absolute Gasteiger partial charge is 0.199 e. The molecule has 7 heteroatoms. The Kier molecular flexibility index (Phi) is 3.93. The summed E-state index contributed by atoms with van der Waals surface area (Å²) < 4.78 is 10.8. The van der Waals surface area contributed by atoms with Crippen molar-refractivity contribution in [2.45, 2.75) is 0 Å². The van der Waals surface area contributed by atoms with Gasteiger partial charge >= 0.3 is 0 Å². The predicted molar refractivity (Wildman–Crippen MR) is 98.0 cm³/mol. The van der Waals surface area contributed by atoms with Crippen molar-refractivity contribution in [1.82, 2.24) is 4.90 Å². The lowest BCUT2D eigenvalue weighted by atomic mass is 10.1. The van der Waals surface area contributed by atoms with Gasteiger partial charge in [-0.1, -0.05) is 6.07 Å². The Balaban J connectivity index is 1.77. The first-order valence-electron chi connectivity index (χ1n) is 7.86. The molecule has 4 rings (SSSR count). The molecule has 1 N–H and O–H groups in total. The van der Waals surface area contributed by atoms with Crippen LogP contribution in [0.15, 0.2) is 46.5 Å². The number of ketones is 1. The molecule has 0 aliphatic carbocycles. The Labute approximate surface area is 149 Å². The number of hydrogen-bond acceptors (Lipinski definition) is 7. The van der Waals surface area contributed by atoms with Gasteiger partial charge < -0.3 is 19.7 Å². The lowest BCUT2D eigenvalue weighted by molar-refractivity contribution is 0.104. The van der Waals surface area contributed by atoms with Gasteiger partial charge in [-0.15, -0.1) is 11.3 Å². The molecule has 1 aromatic carbocycles. The molecule has 6 nitrogen and oxygen atoms in total. The maximum Gasteiger partial charge on any atom is 0.199 e. The van der Waals surface area contributed by atoms with Gasteiger partial charge in [0.2, 0.25) is 0 Å². The summed E-state index contributed by atoms with van der Waals surface area (Å²) in [5.74, 6) is 2.84. The van der Waals surface area contributed by atoms with Crippen molar-refractivity contribution in [1.29, 1.82) is 0 Å². The largest absolute Gasteiger partial charge is 0.493 e. The molecule has 128 valence electrons. The third-order valence-electron chi connectivity index (χ3n) is 4.19. The van der Waals surface area contributed by atoms with Gasteiger partial charge in [0, 0.05) is 24.3 Å². The van der Waals surface area contributed by atoms with E-state index in [0.717, 1.165) is 29.5 Å². The summed E-state index contributed by atoms with van der Waals surface area (Å²) in [6, 6.07) is 7.49. The molecule has 2 aromatic rings. The molecule has 0 amide bonds. The van der Waals surface area contributed by atoms with Gasteiger partial charge in [0.25, 0.3) is 0 Å². The summed E-state index contributed by atoms with van der Waals surface area (Å²) in [5.41, 5.74) is 1.79. The minimum Gasteiger partial charge on any atom is -0.493 e. The molecule has 3 heterocycles. The summed E-state index contributed by atoms with van der Waals surface area (Å²) in [6.45, 7) is 1.43. The van der Waals surface area contributed by atoms with Gasteiger partial charge in [-0.2, -0.15) is 0 Å². The van der Waals surface area contributed by atoms with Crippen molar-refractivity contribution >= 4 is 28.6 Å². The molecule has 0 fully saturated rings. The lowest BCUT2D eigenvalue weighted by Gasteiger charge is -2.31. The molecule has 2 aliphatic rings. The average molecular weight is 355 g/mol. The van der Waals surface area contributed by atoms with E-state index in [1.165, 1.54) is 11.3 Å². The van der Waals surface area contributed by atoms with Gasteiger partial charge in [-0.3, -0.25) is 9.79 Å². The van der Waals surface area contributed by atoms with Gasteiger partial charge in [0.15, 0.2) is 17.3 Å². The fourth-order valence-corrected chi connectivity index (χ4v) is 3.65. The summed E-state index contributed by atoms with van der Waals surface area (Å²) in [5, 5.41) is 5.24. The van der Waals surface area contributed by atoms with Crippen molar-refractivity contribution in [3.63, 3.8) is 0 Å². The van der Waals surface area contributed by atoms with Crippen LogP contribution in [0.4, 0.5) is 5.69 Å². The number of amidine groups is 1. The Morgan fingerprint density at radius 3 is 2.84 bits per heavy atom. The zero-order valence-corrected chi connectivity index (χ0v) is 14.7. The Morgan fingerprint density at radius 1 is 1.32 bits per heavy atom. The molecule has 0 unspecified atom stereocenters. The number of hydrogen-bond donors (Lipinski definition) is 1. The second-order valence-corrected chi connectivity index (χ2v) is 6.55. The summed E-state index contributed by atoms with van der Waals surface area (Å²) in [4.78, 5) is 19.8. The van der Waals surface area contributed by atoms with E-state index in [4.69, 9.17) is 9.47 Å². The highest BCUT2D eigenvalue weighted by molar-refractivity contribution is 7.12. The zero-order valence-electron chi connectivity index (χ0n) is 13.9. The first-order valence-corrected chi connectivity index (χ1v) is 8.74. The van der Waals surface area contributed by atoms with Crippen LogP contribution in [0.1, 0.15) is 15.2 Å². The number of ether oxygens (including phenoxy) is 2. The van der Waals surface area contributed by atoms with Crippen LogP contribution in [-0.4, -0.2) is 43.8 Å². The topological polar surface area (TPSA) is 63.2 Å². The van der Waals surface area contributed by atoms with E-state index in [1.54, 1.807) is 20.3 Å². The number of methoxy groups -OCH3 is 2. The number of anilines is 1. The summed E-state index contributed by atoms with van der Waals surface area (Å²) >= 11 is 1.43. The Bertz CT molecular complexity index is 887. The minimum absolute atomic E-state index is 0.0207. The molecule has 25 heavy (non-hydrogen) atoms. The number of fused-ring (bicyclic) bond motifs is 3. The normalized spacial score (nSPS) is 16.8. The fraction of sp³-hybridized carbons (Fsp3) is 0.222. The number of nitrogens with one attached hydrogen (secondary N) is 1. The van der Waals surface area contributed by atoms with Crippen LogP contribution < -0.4 is 14.8 Å². The number of nitrogens with zero attached hydrogens (tertiary/aromatic N) is 2. The number of rotatable bonds is 4. The molecular formula is C18H17N3O3S. The van der Waals surface area contributed by atoms with Crippen LogP contribution in [0.3, 0.4) is 0 Å². The van der Waals surface area contributed by atoms with Crippen LogP contribution >= 0.6 is 11.3 Å². The van der Waals surface area contributed by atoms with E-state index in [9.17, 15) is 4.79 Å². The SMILES string of the molecule is COc1cc2c(cc1OC)C1=NCCN1/C(=C/C(=O)c1cccs1)N2. The summed E-state index contributed by atoms with van der Waals surface area (Å²) in [6.07, 6.45) is 1.63. The molecule has 0 saturated heterocycles. The van der Waals surface area contributed by atoms with Crippen LogP contribution in [0.5, 0.6) is 11.5 Å². The van der Waals surface area contributed by atoms with Crippen LogP contribution in [0.2, 0.25) is 0 Å². The standard InChI is InChI=1S/C18H17N3O3S/c1-23-14-8-11-12(9-15(14)24-2)20-17(21-6-5-19-18(11)21)10-13(22)16-4-3-7-25-16/h3-4,7-10,20H,5-6H2,1-2H3/b17-10+. The highest BCUT2D eigenvalue weighted by Gasteiger charge is 2.31. The molecule has 0 spiro atoms. The minimum atomic E-state index is -0.0207. The van der Waals surface area contributed by atoms with Crippen LogP contribution in [0, 0.1) is 0 Å². The second-order valence-electron chi connectivity index (χ2n) is 5.61. The van der Waals surface area contributed by atoms with Crippen LogP contribution in [0.25, 0.3) is 0 Å². The van der Waals surface area contributed by atoms with Crippen LogP contribution in [-0.2, 0) is 0 Å². The number of benzene rings is 1. The van der Waals surface area contributed by atoms with E-state index in [0.29, 0.717) is 22.9 Å². The van der Waals surface area contributed by atoms with E-state index in [2.05, 4.69) is 10.3 Å². The molecule has 0 bridgehead atoms. The first kappa shape index (κ1) is 15.7. The maximum absolute atomic E-state index is 12.5. The van der Waals surface area contributed by atoms with E-state index in [1.807, 2.05) is 34.5 Å². The van der Waals surface area contributed by atoms with Crippen molar-refractivity contribution < 1.29 is 14.3 Å². The third-order valence-corrected chi connectivity index (χ3v) is 5.08. The third kappa shape index (κ3) is 2.66. The predicted octanol–water partition coefficient (Wildman–Crippen LogP) is 2.98. The quantitative estimate of drug-likeness (QED) is 0.675. The Hall–Kier alpha value is -2.80. The van der Waals surface area contributed by atoms with Gasteiger partial charge in [0.1, 0.15) is 11.7 Å². The number of aliphatic imine (C=N–C) groups is 1.